The number of amides is 1. The third-order valence-corrected chi connectivity index (χ3v) is 6.78. The van der Waals surface area contributed by atoms with Crippen molar-refractivity contribution in [2.75, 3.05) is 6.54 Å². The van der Waals surface area contributed by atoms with Crippen LogP contribution in [0, 0.1) is 0 Å². The molecule has 0 saturated carbocycles. The first-order valence-electron chi connectivity index (χ1n) is 13.2. The van der Waals surface area contributed by atoms with E-state index < -0.39 is 0 Å². The van der Waals surface area contributed by atoms with Gasteiger partial charge in [-0.1, -0.05) is 93.9 Å². The smallest absolute Gasteiger partial charge is 0.220 e. The number of hydrogen-bond acceptors (Lipinski definition) is 2. The molecule has 188 valence electrons. The average molecular weight is 482 g/mol. The van der Waals surface area contributed by atoms with Gasteiger partial charge in [-0.3, -0.25) is 4.79 Å². The molecule has 3 aromatic carbocycles. The number of aryl methyl sites for hydroxylation is 2. The lowest BCUT2D eigenvalue weighted by Crippen LogP contribution is -2.24. The van der Waals surface area contributed by atoms with Crippen molar-refractivity contribution in [3.63, 3.8) is 0 Å². The fourth-order valence-electron chi connectivity index (χ4n) is 4.59. The lowest BCUT2D eigenvalue weighted by molar-refractivity contribution is -0.121. The number of benzene rings is 3. The minimum atomic E-state index is 0.137. The Morgan fingerprint density at radius 1 is 0.806 bits per heavy atom. The van der Waals surface area contributed by atoms with Crippen LogP contribution in [0.3, 0.4) is 0 Å². The summed E-state index contributed by atoms with van der Waals surface area (Å²) in [5, 5.41) is 3.07. The van der Waals surface area contributed by atoms with Crippen LogP contribution in [-0.4, -0.2) is 22.0 Å². The largest absolute Gasteiger partial charge is 0.356 e. The molecule has 0 aliphatic rings. The van der Waals surface area contributed by atoms with Crippen LogP contribution in [0.2, 0.25) is 0 Å². The van der Waals surface area contributed by atoms with E-state index in [1.54, 1.807) is 0 Å². The molecule has 1 N–H and O–H groups in total. The fraction of sp³-hybridized carbons (Fsp3) is 0.375. The second-order valence-electron chi connectivity index (χ2n) is 10.7. The first-order valence-corrected chi connectivity index (χ1v) is 13.2. The maximum atomic E-state index is 12.1. The number of para-hydroxylation sites is 2. The third-order valence-electron chi connectivity index (χ3n) is 6.78. The normalized spacial score (nSPS) is 11.6. The quantitative estimate of drug-likeness (QED) is 0.238. The molecule has 1 heterocycles. The van der Waals surface area contributed by atoms with Crippen molar-refractivity contribution < 1.29 is 4.79 Å². The molecule has 0 spiro atoms. The number of rotatable bonds is 11. The zero-order valence-corrected chi connectivity index (χ0v) is 22.0. The van der Waals surface area contributed by atoms with Crippen molar-refractivity contribution in [1.29, 1.82) is 0 Å². The first kappa shape index (κ1) is 25.7. The standard InChI is InChI=1S/C32H39N3O/c1-32(2,3)27-20-17-26(18-21-27)24-35-29-15-10-9-14-28(29)34-30(35)16-8-5-11-23-33-31(36)22-19-25-12-6-4-7-13-25/h4,6-7,9-10,12-15,17-18,20-21H,5,8,11,16,19,22-24H2,1-3H3,(H,33,36). The lowest BCUT2D eigenvalue weighted by atomic mass is 9.87. The molecule has 0 bridgehead atoms. The van der Waals surface area contributed by atoms with E-state index in [-0.39, 0.29) is 11.3 Å². The van der Waals surface area contributed by atoms with Gasteiger partial charge in [0.25, 0.3) is 0 Å². The summed E-state index contributed by atoms with van der Waals surface area (Å²) >= 11 is 0. The van der Waals surface area contributed by atoms with Crippen molar-refractivity contribution in [2.24, 2.45) is 0 Å². The molecule has 0 radical (unpaired) electrons. The van der Waals surface area contributed by atoms with Crippen LogP contribution in [0.4, 0.5) is 0 Å². The Morgan fingerprint density at radius 3 is 2.28 bits per heavy atom. The Labute approximate surface area is 215 Å². The number of nitrogens with zero attached hydrogens (tertiary/aromatic N) is 2. The summed E-state index contributed by atoms with van der Waals surface area (Å²) < 4.78 is 2.37. The molecule has 4 rings (SSSR count). The van der Waals surface area contributed by atoms with E-state index in [0.29, 0.717) is 6.42 Å². The van der Waals surface area contributed by atoms with E-state index in [1.165, 1.54) is 22.2 Å². The number of nitrogens with one attached hydrogen (secondary N) is 1. The van der Waals surface area contributed by atoms with E-state index in [9.17, 15) is 4.79 Å². The number of carbonyl (C=O) groups is 1. The number of carbonyl (C=O) groups excluding carboxylic acids is 1. The van der Waals surface area contributed by atoms with Gasteiger partial charge in [0.1, 0.15) is 5.82 Å². The highest BCUT2D eigenvalue weighted by molar-refractivity contribution is 5.76. The zero-order chi connectivity index (χ0) is 25.4. The van der Waals surface area contributed by atoms with Gasteiger partial charge in [-0.25, -0.2) is 4.98 Å². The van der Waals surface area contributed by atoms with Crippen LogP contribution < -0.4 is 5.32 Å². The number of imidazole rings is 1. The van der Waals surface area contributed by atoms with Crippen LogP contribution in [0.15, 0.2) is 78.9 Å². The summed E-state index contributed by atoms with van der Waals surface area (Å²) in [6, 6.07) is 27.6. The molecule has 0 saturated heterocycles. The van der Waals surface area contributed by atoms with Crippen LogP contribution in [0.5, 0.6) is 0 Å². The summed E-state index contributed by atoms with van der Waals surface area (Å²) in [6.07, 6.45) is 5.41. The van der Waals surface area contributed by atoms with Crippen LogP contribution in [0.1, 0.15) is 69.0 Å². The Kier molecular flexibility index (Phi) is 8.58. The van der Waals surface area contributed by atoms with Gasteiger partial charge in [0.05, 0.1) is 11.0 Å². The number of hydrogen-bond donors (Lipinski definition) is 1. The number of fused-ring (bicyclic) bond motifs is 1. The Morgan fingerprint density at radius 2 is 1.53 bits per heavy atom. The zero-order valence-electron chi connectivity index (χ0n) is 22.0. The molecule has 1 aromatic heterocycles. The van der Waals surface area contributed by atoms with Gasteiger partial charge in [0, 0.05) is 25.9 Å². The Hall–Kier alpha value is -3.40. The van der Waals surface area contributed by atoms with E-state index in [1.807, 2.05) is 18.2 Å². The van der Waals surface area contributed by atoms with Crippen molar-refractivity contribution in [1.82, 2.24) is 14.9 Å². The highest BCUT2D eigenvalue weighted by Gasteiger charge is 2.14. The minimum absolute atomic E-state index is 0.137. The maximum absolute atomic E-state index is 12.1. The summed E-state index contributed by atoms with van der Waals surface area (Å²) in [4.78, 5) is 17.1. The van der Waals surface area contributed by atoms with Gasteiger partial charge in [-0.05, 0) is 53.5 Å². The van der Waals surface area contributed by atoms with E-state index >= 15 is 0 Å². The molecule has 4 aromatic rings. The highest BCUT2D eigenvalue weighted by atomic mass is 16.1. The molecule has 0 unspecified atom stereocenters. The minimum Gasteiger partial charge on any atom is -0.356 e. The third kappa shape index (κ3) is 7.07. The van der Waals surface area contributed by atoms with Gasteiger partial charge >= 0.3 is 0 Å². The second-order valence-corrected chi connectivity index (χ2v) is 10.7. The topological polar surface area (TPSA) is 46.9 Å². The van der Waals surface area contributed by atoms with Crippen molar-refractivity contribution in [3.8, 4) is 0 Å². The molecule has 0 aliphatic heterocycles. The molecule has 0 fully saturated rings. The predicted molar refractivity (Wildman–Crippen MR) is 149 cm³/mol. The molecule has 0 atom stereocenters. The summed E-state index contributed by atoms with van der Waals surface area (Å²) in [6.45, 7) is 8.32. The van der Waals surface area contributed by atoms with Crippen LogP contribution in [-0.2, 0) is 29.6 Å². The molecule has 4 heteroatoms. The van der Waals surface area contributed by atoms with Gasteiger partial charge in [0.15, 0.2) is 0 Å². The monoisotopic (exact) mass is 481 g/mol. The summed E-state index contributed by atoms with van der Waals surface area (Å²) in [5.74, 6) is 1.28. The van der Waals surface area contributed by atoms with Gasteiger partial charge in [-0.15, -0.1) is 0 Å². The molecule has 36 heavy (non-hydrogen) atoms. The van der Waals surface area contributed by atoms with E-state index in [0.717, 1.165) is 56.5 Å². The SMILES string of the molecule is CC(C)(C)c1ccc(Cn2c(CCCCCNC(=O)CCc3ccccc3)nc3ccccc32)cc1. The molecule has 4 nitrogen and oxygen atoms in total. The number of unbranched alkanes of at least 4 members (excludes halogenated alkanes) is 2. The molecular formula is C32H39N3O. The van der Waals surface area contributed by atoms with Crippen LogP contribution >= 0.6 is 0 Å². The maximum Gasteiger partial charge on any atom is 0.220 e. The molecule has 1 amide bonds. The summed E-state index contributed by atoms with van der Waals surface area (Å²) in [7, 11) is 0. The Balaban J connectivity index is 1.27. The molecule has 0 aliphatic carbocycles. The number of aromatic nitrogens is 2. The van der Waals surface area contributed by atoms with E-state index in [2.05, 4.69) is 91.3 Å². The van der Waals surface area contributed by atoms with Crippen molar-refractivity contribution >= 4 is 16.9 Å². The van der Waals surface area contributed by atoms with E-state index in [4.69, 9.17) is 4.98 Å². The lowest BCUT2D eigenvalue weighted by Gasteiger charge is -2.19. The first-order chi connectivity index (χ1) is 17.4. The van der Waals surface area contributed by atoms with Crippen molar-refractivity contribution in [3.05, 3.63) is 101 Å². The van der Waals surface area contributed by atoms with Gasteiger partial charge < -0.3 is 9.88 Å². The van der Waals surface area contributed by atoms with Gasteiger partial charge in [0.2, 0.25) is 5.91 Å². The Bertz CT molecular complexity index is 1250. The highest BCUT2D eigenvalue weighted by Crippen LogP contribution is 2.24. The fourth-order valence-corrected chi connectivity index (χ4v) is 4.59. The summed E-state index contributed by atoms with van der Waals surface area (Å²) in [5.41, 5.74) is 6.27. The van der Waals surface area contributed by atoms with Crippen molar-refractivity contribution in [2.45, 2.75) is 71.3 Å². The van der Waals surface area contributed by atoms with Gasteiger partial charge in [-0.2, -0.15) is 0 Å². The average Bonchev–Trinajstić information content (AvgIpc) is 3.22. The molecular weight excluding hydrogens is 442 g/mol. The van der Waals surface area contributed by atoms with Crippen LogP contribution in [0.25, 0.3) is 11.0 Å². The predicted octanol–water partition coefficient (Wildman–Crippen LogP) is 6.84. The second kappa shape index (κ2) is 12.0.